The minimum Gasteiger partial charge on any atom is -0.479 e. The van der Waals surface area contributed by atoms with E-state index in [0.717, 1.165) is 69.7 Å². The maximum absolute atomic E-state index is 13.4. The molecule has 2 fully saturated rings. The summed E-state index contributed by atoms with van der Waals surface area (Å²) in [4.78, 5) is 37.2. The number of aliphatic hydroxyl groups excluding tert-OH is 2. The van der Waals surface area contributed by atoms with Crippen LogP contribution in [-0.2, 0) is 36.8 Å². The molecule has 2 saturated heterocycles. The molecule has 13 heteroatoms. The molecule has 43 heavy (non-hydrogen) atoms. The molecule has 4 N–H and O–H groups in total. The smallest absolute Gasteiger partial charge is 0.335 e. The number of aliphatic carboxylic acids is 2. The van der Waals surface area contributed by atoms with Crippen LogP contribution in [0.1, 0.15) is 36.8 Å². The lowest BCUT2D eigenvalue weighted by Crippen LogP contribution is -2.48. The molecule has 0 aromatic heterocycles. The number of ether oxygens (including phenoxy) is 2. The van der Waals surface area contributed by atoms with Crippen LogP contribution < -0.4 is 0 Å². The zero-order chi connectivity index (χ0) is 31.4. The number of carbonyl (C=O) groups excluding carboxylic acids is 1. The predicted molar refractivity (Wildman–Crippen MR) is 149 cm³/mol. The number of amides is 1. The van der Waals surface area contributed by atoms with E-state index in [0.29, 0.717) is 6.54 Å². The summed E-state index contributed by atoms with van der Waals surface area (Å²) in [5.41, 5.74) is 1.69. The molecule has 2 aromatic carbocycles. The normalized spacial score (nSPS) is 17.8. The molecular formula is C30H38F2N2O9. The number of halogens is 2. The van der Waals surface area contributed by atoms with Gasteiger partial charge in [0, 0.05) is 38.6 Å². The van der Waals surface area contributed by atoms with Gasteiger partial charge in [0.05, 0.1) is 19.6 Å². The molecule has 2 heterocycles. The molecule has 2 aliphatic heterocycles. The van der Waals surface area contributed by atoms with Crippen molar-refractivity contribution < 1.29 is 53.1 Å². The van der Waals surface area contributed by atoms with E-state index in [-0.39, 0.29) is 36.3 Å². The number of likely N-dealkylation sites (tertiary alicyclic amines) is 1. The van der Waals surface area contributed by atoms with Crippen LogP contribution in [0.4, 0.5) is 8.78 Å². The summed E-state index contributed by atoms with van der Waals surface area (Å²) in [6.07, 6.45) is -0.854. The zero-order valence-corrected chi connectivity index (χ0v) is 23.7. The van der Waals surface area contributed by atoms with E-state index in [1.807, 2.05) is 4.90 Å². The summed E-state index contributed by atoms with van der Waals surface area (Å²) in [7, 11) is 0. The van der Waals surface area contributed by atoms with Gasteiger partial charge >= 0.3 is 11.9 Å². The van der Waals surface area contributed by atoms with E-state index < -0.39 is 24.1 Å². The van der Waals surface area contributed by atoms with Crippen LogP contribution in [0.3, 0.4) is 0 Å². The third-order valence-corrected chi connectivity index (χ3v) is 7.24. The van der Waals surface area contributed by atoms with Gasteiger partial charge in [-0.1, -0.05) is 24.3 Å². The lowest BCUT2D eigenvalue weighted by atomic mass is 10.0. The quantitative estimate of drug-likeness (QED) is 0.298. The monoisotopic (exact) mass is 608 g/mol. The molecule has 2 unspecified atom stereocenters. The van der Waals surface area contributed by atoms with Crippen molar-refractivity contribution in [2.75, 3.05) is 32.8 Å². The maximum Gasteiger partial charge on any atom is 0.335 e. The first-order valence-electron chi connectivity index (χ1n) is 14.1. The van der Waals surface area contributed by atoms with Gasteiger partial charge in [-0.25, -0.2) is 18.4 Å². The van der Waals surface area contributed by atoms with E-state index >= 15 is 0 Å². The number of hydrogen-bond donors (Lipinski definition) is 4. The van der Waals surface area contributed by atoms with Crippen LogP contribution in [-0.4, -0.2) is 105 Å². The highest BCUT2D eigenvalue weighted by atomic mass is 19.1. The summed E-state index contributed by atoms with van der Waals surface area (Å²) >= 11 is 0. The van der Waals surface area contributed by atoms with Crippen molar-refractivity contribution in [2.45, 2.75) is 63.2 Å². The highest BCUT2D eigenvalue weighted by Gasteiger charge is 2.30. The summed E-state index contributed by atoms with van der Waals surface area (Å²) in [5, 5.41) is 32.5. The third-order valence-electron chi connectivity index (χ3n) is 7.24. The van der Waals surface area contributed by atoms with Crippen LogP contribution in [0.2, 0.25) is 0 Å². The molecule has 1 amide bonds. The van der Waals surface area contributed by atoms with Crippen molar-refractivity contribution >= 4 is 17.8 Å². The van der Waals surface area contributed by atoms with Gasteiger partial charge in [-0.2, -0.15) is 0 Å². The largest absolute Gasteiger partial charge is 0.479 e. The third kappa shape index (κ3) is 11.3. The Bertz CT molecular complexity index is 1150. The number of carbonyl (C=O) groups is 3. The van der Waals surface area contributed by atoms with Crippen molar-refractivity contribution in [1.82, 2.24) is 9.80 Å². The number of carboxylic acids is 2. The number of hydrogen-bond acceptors (Lipinski definition) is 8. The standard InChI is InChI=1S/C26H32F2N2O3.C4H6O6/c27-22-6-2-20(3-7-22)18-25(31)30(19-21-4-8-23(28)9-5-21)24-10-13-29(14-11-24)15-12-26-32-16-1-17-33-26;5-1(3(7)8)2(6)4(9)10/h2-9,24,26H,1,10-19H2;1-2,5-6H,(H,7,8)(H,9,10). The fraction of sp³-hybridized carbons (Fsp3) is 0.500. The van der Waals surface area contributed by atoms with Crippen LogP contribution in [0.15, 0.2) is 48.5 Å². The highest BCUT2D eigenvalue weighted by molar-refractivity contribution is 5.83. The molecule has 11 nitrogen and oxygen atoms in total. The minimum atomic E-state index is -2.27. The Kier molecular flexibility index (Phi) is 13.4. The fourth-order valence-corrected chi connectivity index (χ4v) is 4.80. The molecule has 2 atom stereocenters. The first-order chi connectivity index (χ1) is 20.5. The summed E-state index contributed by atoms with van der Waals surface area (Å²) < 4.78 is 37.9. The van der Waals surface area contributed by atoms with Crippen LogP contribution >= 0.6 is 0 Å². The lowest BCUT2D eigenvalue weighted by molar-refractivity contribution is -0.183. The average Bonchev–Trinajstić information content (AvgIpc) is 3.01. The van der Waals surface area contributed by atoms with Crippen molar-refractivity contribution in [1.29, 1.82) is 0 Å². The van der Waals surface area contributed by atoms with E-state index in [2.05, 4.69) is 4.90 Å². The molecule has 0 aliphatic carbocycles. The maximum atomic E-state index is 13.4. The number of carboxylic acid groups (broad SMARTS) is 2. The number of rotatable bonds is 11. The van der Waals surface area contributed by atoms with Gasteiger partial charge in [0.1, 0.15) is 11.6 Å². The Morgan fingerprint density at radius 2 is 1.33 bits per heavy atom. The Morgan fingerprint density at radius 1 is 0.837 bits per heavy atom. The summed E-state index contributed by atoms with van der Waals surface area (Å²) in [6, 6.07) is 12.5. The molecule has 2 aromatic rings. The molecule has 2 aliphatic rings. The van der Waals surface area contributed by atoms with Crippen LogP contribution in [0.5, 0.6) is 0 Å². The Hall–Kier alpha value is -3.49. The highest BCUT2D eigenvalue weighted by Crippen LogP contribution is 2.22. The van der Waals surface area contributed by atoms with Gasteiger partial charge in [-0.15, -0.1) is 0 Å². The van der Waals surface area contributed by atoms with Crippen molar-refractivity contribution in [3.05, 3.63) is 71.3 Å². The molecule has 0 spiro atoms. The van der Waals surface area contributed by atoms with Gasteiger partial charge in [-0.05, 0) is 54.7 Å². The first kappa shape index (κ1) is 34.0. The molecular weight excluding hydrogens is 570 g/mol. The Labute approximate surface area is 248 Å². The second-order valence-electron chi connectivity index (χ2n) is 10.4. The minimum absolute atomic E-state index is 0.00777. The SMILES string of the molecule is O=C(Cc1ccc(F)cc1)N(Cc1ccc(F)cc1)C1CCN(CCC2OCCCO2)CC1.O=C(O)C(O)C(O)C(=O)O. The zero-order valence-electron chi connectivity index (χ0n) is 23.7. The molecule has 0 radical (unpaired) electrons. The number of aliphatic hydroxyl groups is 2. The van der Waals surface area contributed by atoms with E-state index in [1.54, 1.807) is 24.3 Å². The van der Waals surface area contributed by atoms with E-state index in [9.17, 15) is 23.2 Å². The van der Waals surface area contributed by atoms with Gasteiger partial charge in [0.2, 0.25) is 5.91 Å². The molecule has 0 bridgehead atoms. The Morgan fingerprint density at radius 3 is 1.81 bits per heavy atom. The van der Waals surface area contributed by atoms with Crippen molar-refractivity contribution in [2.24, 2.45) is 0 Å². The van der Waals surface area contributed by atoms with Gasteiger partial charge in [0.25, 0.3) is 0 Å². The summed E-state index contributed by atoms with van der Waals surface area (Å²) in [6.45, 7) is 4.69. The first-order valence-corrected chi connectivity index (χ1v) is 14.1. The molecule has 0 saturated carbocycles. The number of benzene rings is 2. The van der Waals surface area contributed by atoms with E-state index in [1.165, 1.54) is 24.3 Å². The van der Waals surface area contributed by atoms with E-state index in [4.69, 9.17) is 29.9 Å². The second kappa shape index (κ2) is 17.0. The van der Waals surface area contributed by atoms with Crippen LogP contribution in [0, 0.1) is 11.6 Å². The number of nitrogens with zero attached hydrogens (tertiary/aromatic N) is 2. The Balaban J connectivity index is 0.000000436. The topological polar surface area (TPSA) is 157 Å². The predicted octanol–water partition coefficient (Wildman–Crippen LogP) is 2.03. The van der Waals surface area contributed by atoms with Gasteiger partial charge in [-0.3, -0.25) is 4.79 Å². The van der Waals surface area contributed by atoms with Gasteiger partial charge < -0.3 is 39.7 Å². The van der Waals surface area contributed by atoms with Crippen LogP contribution in [0.25, 0.3) is 0 Å². The number of piperidine rings is 1. The van der Waals surface area contributed by atoms with Crippen molar-refractivity contribution in [3.63, 3.8) is 0 Å². The average molecular weight is 609 g/mol. The second-order valence-corrected chi connectivity index (χ2v) is 10.4. The molecule has 236 valence electrons. The van der Waals surface area contributed by atoms with Gasteiger partial charge in [0.15, 0.2) is 18.5 Å². The lowest BCUT2D eigenvalue weighted by Gasteiger charge is -2.39. The molecule has 4 rings (SSSR count). The summed E-state index contributed by atoms with van der Waals surface area (Å²) in [5.74, 6) is -4.13. The van der Waals surface area contributed by atoms with Crippen molar-refractivity contribution in [3.8, 4) is 0 Å². The fourth-order valence-electron chi connectivity index (χ4n) is 4.80.